The third kappa shape index (κ3) is 5.72. The van der Waals surface area contributed by atoms with E-state index < -0.39 is 25.7 Å². The summed E-state index contributed by atoms with van der Waals surface area (Å²) in [4.78, 5) is 21.7. The van der Waals surface area contributed by atoms with Gasteiger partial charge in [0.1, 0.15) is 23.0 Å². The molecule has 0 aliphatic heterocycles. The zero-order valence-electron chi connectivity index (χ0n) is 22.2. The Balaban J connectivity index is 1.85. The van der Waals surface area contributed by atoms with Crippen LogP contribution < -0.4 is 10.9 Å². The quantitative estimate of drug-likeness (QED) is 0.261. The van der Waals surface area contributed by atoms with Crippen molar-refractivity contribution < 1.29 is 17.6 Å². The molecule has 3 aromatic heterocycles. The van der Waals surface area contributed by atoms with Gasteiger partial charge in [-0.1, -0.05) is 39.0 Å². The maximum Gasteiger partial charge on any atom is 0.433 e. The molecule has 0 saturated heterocycles. The van der Waals surface area contributed by atoms with Crippen molar-refractivity contribution in [2.24, 2.45) is 0 Å². The lowest BCUT2D eigenvalue weighted by atomic mass is 10.1. The van der Waals surface area contributed by atoms with Crippen molar-refractivity contribution in [3.8, 4) is 11.8 Å². The second-order valence-electron chi connectivity index (χ2n) is 10.6. The molecule has 0 aliphatic rings. The molecule has 0 unspecified atom stereocenters. The molecule has 0 atom stereocenters. The molecule has 0 bridgehead atoms. The average Bonchev–Trinajstić information content (AvgIpc) is 2.87. The number of alkyl halides is 3. The minimum Gasteiger partial charge on any atom is -0.411 e. The van der Waals surface area contributed by atoms with E-state index in [4.69, 9.17) is 4.43 Å². The number of benzene rings is 1. The van der Waals surface area contributed by atoms with E-state index in [9.17, 15) is 23.2 Å². The molecule has 1 N–H and O–H groups in total. The summed E-state index contributed by atoms with van der Waals surface area (Å²) in [5, 5.41) is 13.2. The largest absolute Gasteiger partial charge is 0.433 e. The highest BCUT2D eigenvalue weighted by atomic mass is 28.4. The smallest absolute Gasteiger partial charge is 0.411 e. The van der Waals surface area contributed by atoms with Crippen molar-refractivity contribution >= 4 is 30.7 Å². The van der Waals surface area contributed by atoms with Crippen LogP contribution in [-0.2, 0) is 17.2 Å². The number of anilines is 2. The van der Waals surface area contributed by atoms with E-state index in [0.717, 1.165) is 10.6 Å². The Labute approximate surface area is 225 Å². The molecule has 1 aromatic carbocycles. The van der Waals surface area contributed by atoms with Crippen molar-refractivity contribution in [2.75, 3.05) is 5.32 Å². The molecule has 0 radical (unpaired) electrons. The number of fused-ring (bicyclic) bond motifs is 1. The van der Waals surface area contributed by atoms with Gasteiger partial charge in [0, 0.05) is 17.3 Å². The van der Waals surface area contributed by atoms with Crippen LogP contribution in [0.15, 0.2) is 65.6 Å². The Morgan fingerprint density at radius 3 is 2.38 bits per heavy atom. The van der Waals surface area contributed by atoms with E-state index in [1.165, 1.54) is 6.07 Å². The molecule has 0 aliphatic carbocycles. The number of para-hydroxylation sites is 1. The van der Waals surface area contributed by atoms with Crippen molar-refractivity contribution in [2.45, 2.75) is 51.7 Å². The van der Waals surface area contributed by atoms with Crippen LogP contribution in [0.3, 0.4) is 0 Å². The first-order chi connectivity index (χ1) is 18.2. The number of aromatic nitrogens is 3. The van der Waals surface area contributed by atoms with Gasteiger partial charge in [0.15, 0.2) is 8.32 Å². The summed E-state index contributed by atoms with van der Waals surface area (Å²) < 4.78 is 48.0. The fourth-order valence-electron chi connectivity index (χ4n) is 3.72. The van der Waals surface area contributed by atoms with E-state index in [1.54, 1.807) is 48.7 Å². The Bertz CT molecular complexity index is 1620. The summed E-state index contributed by atoms with van der Waals surface area (Å²) >= 11 is 0. The van der Waals surface area contributed by atoms with Gasteiger partial charge in [0.25, 0.3) is 5.56 Å². The van der Waals surface area contributed by atoms with Crippen LogP contribution in [0.25, 0.3) is 16.7 Å². The number of nitriles is 1. The van der Waals surface area contributed by atoms with E-state index in [1.807, 2.05) is 6.07 Å². The molecule has 0 fully saturated rings. The zero-order valence-corrected chi connectivity index (χ0v) is 23.2. The van der Waals surface area contributed by atoms with Crippen LogP contribution >= 0.6 is 0 Å². The monoisotopic (exact) mass is 551 g/mol. The van der Waals surface area contributed by atoms with E-state index in [0.29, 0.717) is 11.4 Å². The van der Waals surface area contributed by atoms with Crippen molar-refractivity contribution in [3.63, 3.8) is 0 Å². The molecule has 0 spiro atoms. The number of hydrogen-bond donors (Lipinski definition) is 1. The third-order valence-corrected chi connectivity index (χ3v) is 11.4. The summed E-state index contributed by atoms with van der Waals surface area (Å²) in [7, 11) is -2.04. The number of rotatable bonds is 6. The normalized spacial score (nSPS) is 12.4. The Kier molecular flexibility index (Phi) is 7.38. The van der Waals surface area contributed by atoms with Crippen LogP contribution in [0.2, 0.25) is 18.1 Å². The van der Waals surface area contributed by atoms with Crippen LogP contribution in [0, 0.1) is 11.3 Å². The molecule has 39 heavy (non-hydrogen) atoms. The summed E-state index contributed by atoms with van der Waals surface area (Å²) in [6.07, 6.45) is -3.16. The molecular weight excluding hydrogens is 523 g/mol. The van der Waals surface area contributed by atoms with Gasteiger partial charge in [0.2, 0.25) is 0 Å². The Morgan fingerprint density at radius 1 is 1.08 bits per heavy atom. The van der Waals surface area contributed by atoms with E-state index in [-0.39, 0.29) is 39.6 Å². The van der Waals surface area contributed by atoms with Crippen LogP contribution in [-0.4, -0.2) is 22.9 Å². The van der Waals surface area contributed by atoms with Crippen LogP contribution in [0.4, 0.5) is 24.5 Å². The predicted molar refractivity (Wildman–Crippen MR) is 147 cm³/mol. The van der Waals surface area contributed by atoms with Crippen molar-refractivity contribution in [3.05, 3.63) is 88.1 Å². The number of pyridine rings is 3. The Morgan fingerprint density at radius 2 is 1.77 bits per heavy atom. The van der Waals surface area contributed by atoms with Gasteiger partial charge in [-0.05, 0) is 54.5 Å². The molecule has 0 saturated carbocycles. The van der Waals surface area contributed by atoms with E-state index in [2.05, 4.69) is 49.1 Å². The number of hydrogen-bond acceptors (Lipinski definition) is 6. The minimum atomic E-state index is -4.72. The maximum absolute atomic E-state index is 13.6. The predicted octanol–water partition coefficient (Wildman–Crippen LogP) is 6.94. The second kappa shape index (κ2) is 10.3. The van der Waals surface area contributed by atoms with Gasteiger partial charge in [-0.25, -0.2) is 4.98 Å². The van der Waals surface area contributed by atoms with Crippen molar-refractivity contribution in [1.82, 2.24) is 14.5 Å². The highest BCUT2D eigenvalue weighted by molar-refractivity contribution is 6.74. The summed E-state index contributed by atoms with van der Waals surface area (Å²) in [6.45, 7) is 10.9. The highest BCUT2D eigenvalue weighted by Crippen LogP contribution is 2.37. The van der Waals surface area contributed by atoms with Crippen molar-refractivity contribution in [1.29, 1.82) is 5.26 Å². The third-order valence-electron chi connectivity index (χ3n) is 6.91. The van der Waals surface area contributed by atoms with Gasteiger partial charge in [-0.3, -0.25) is 14.3 Å². The number of halogens is 3. The van der Waals surface area contributed by atoms with Crippen LogP contribution in [0.1, 0.15) is 37.7 Å². The standard InChI is InChI=1S/C28H28F3N5O2Si/c1-27(2,3)39(4,5)38-17-19-15-18(13-14-33-19)34-24-21-11-12-23(28(29,30)31)35-25(21)36(26(37)22(24)16-32)20-9-7-6-8-10-20/h6-15H,17H2,1-5H3,(H,33,34). The van der Waals surface area contributed by atoms with Crippen LogP contribution in [0.5, 0.6) is 0 Å². The summed E-state index contributed by atoms with van der Waals surface area (Å²) in [5.41, 5.74) is -0.951. The molecule has 0 amide bonds. The van der Waals surface area contributed by atoms with E-state index >= 15 is 0 Å². The molecule has 3 heterocycles. The van der Waals surface area contributed by atoms with Gasteiger partial charge in [0.05, 0.1) is 23.7 Å². The summed E-state index contributed by atoms with van der Waals surface area (Å²) in [6, 6.07) is 15.5. The fourth-order valence-corrected chi connectivity index (χ4v) is 4.66. The zero-order chi connectivity index (χ0) is 28.6. The van der Waals surface area contributed by atoms with Gasteiger partial charge < -0.3 is 9.74 Å². The molecule has 11 heteroatoms. The highest BCUT2D eigenvalue weighted by Gasteiger charge is 2.37. The SMILES string of the molecule is CC(C)(C)[Si](C)(C)OCc1cc(Nc2c(C#N)c(=O)n(-c3ccccc3)c3nc(C(F)(F)F)ccc23)ccn1. The maximum atomic E-state index is 13.6. The minimum absolute atomic E-state index is 0.00837. The lowest BCUT2D eigenvalue weighted by Crippen LogP contribution is -2.40. The average molecular weight is 552 g/mol. The number of nitrogens with zero attached hydrogens (tertiary/aromatic N) is 4. The molecule has 202 valence electrons. The summed E-state index contributed by atoms with van der Waals surface area (Å²) in [5.74, 6) is 0. The molecule has 4 rings (SSSR count). The first-order valence-electron chi connectivity index (χ1n) is 12.2. The first-order valence-corrected chi connectivity index (χ1v) is 15.1. The van der Waals surface area contributed by atoms with Gasteiger partial charge >= 0.3 is 6.18 Å². The first kappa shape index (κ1) is 28.0. The van der Waals surface area contributed by atoms with Gasteiger partial charge in [-0.15, -0.1) is 0 Å². The lowest BCUT2D eigenvalue weighted by molar-refractivity contribution is -0.141. The molecular formula is C28H28F3N5O2Si. The topological polar surface area (TPSA) is 92.8 Å². The fraction of sp³-hybridized carbons (Fsp3) is 0.286. The lowest BCUT2D eigenvalue weighted by Gasteiger charge is -2.36. The molecule has 7 nitrogen and oxygen atoms in total. The molecule has 4 aromatic rings. The second-order valence-corrected chi connectivity index (χ2v) is 15.4. The number of nitrogens with one attached hydrogen (secondary N) is 1. The Hall–Kier alpha value is -4.01. The van der Waals surface area contributed by atoms with Gasteiger partial charge in [-0.2, -0.15) is 18.4 Å².